The Morgan fingerprint density at radius 3 is 2.62 bits per heavy atom. The van der Waals surface area contributed by atoms with E-state index in [4.69, 9.17) is 10.5 Å². The van der Waals surface area contributed by atoms with Crippen LogP contribution in [0.1, 0.15) is 26.3 Å². The Morgan fingerprint density at radius 2 is 1.90 bits per heavy atom. The molecule has 1 heterocycles. The molecule has 0 saturated carbocycles. The minimum absolute atomic E-state index is 0.0347. The molecule has 0 aromatic heterocycles. The number of para-hydroxylation sites is 2. The fourth-order valence-electron chi connectivity index (χ4n) is 2.15. The van der Waals surface area contributed by atoms with Crippen LogP contribution in [0.4, 0.5) is 0 Å². The highest BCUT2D eigenvalue weighted by Gasteiger charge is 2.30. The number of phenolic OH excluding ortho intramolecular Hbond substituents is 1. The number of aromatic hydroxyl groups is 1. The van der Waals surface area contributed by atoms with E-state index in [0.717, 1.165) is 0 Å². The SMILES string of the molecule is NC(=O)c1cccc2c1O/C(=C\c1ccccc1O)C2=O. The zero-order chi connectivity index (χ0) is 15.0. The Labute approximate surface area is 120 Å². The van der Waals surface area contributed by atoms with Gasteiger partial charge in [-0.1, -0.05) is 24.3 Å². The third-order valence-corrected chi connectivity index (χ3v) is 3.18. The maximum atomic E-state index is 12.3. The summed E-state index contributed by atoms with van der Waals surface area (Å²) in [7, 11) is 0. The number of ketones is 1. The largest absolute Gasteiger partial charge is 0.507 e. The fraction of sp³-hybridized carbons (Fsp3) is 0. The van der Waals surface area contributed by atoms with Crippen LogP contribution in [0.5, 0.6) is 11.5 Å². The molecular weight excluding hydrogens is 270 g/mol. The summed E-state index contributed by atoms with van der Waals surface area (Å²) in [6, 6.07) is 11.2. The van der Waals surface area contributed by atoms with Crippen molar-refractivity contribution in [3.05, 3.63) is 64.9 Å². The van der Waals surface area contributed by atoms with Gasteiger partial charge < -0.3 is 15.6 Å². The van der Waals surface area contributed by atoms with Gasteiger partial charge in [0.15, 0.2) is 11.5 Å². The van der Waals surface area contributed by atoms with Crippen LogP contribution in [0, 0.1) is 0 Å². The Bertz CT molecular complexity index is 793. The Hall–Kier alpha value is -3.08. The molecule has 0 spiro atoms. The number of carbonyl (C=O) groups excluding carboxylic acids is 2. The van der Waals surface area contributed by atoms with Gasteiger partial charge in [-0.2, -0.15) is 0 Å². The van der Waals surface area contributed by atoms with Gasteiger partial charge in [0.05, 0.1) is 11.1 Å². The molecular formula is C16H11NO4. The number of ether oxygens (including phenoxy) is 1. The first-order valence-corrected chi connectivity index (χ1v) is 6.23. The Morgan fingerprint density at radius 1 is 1.14 bits per heavy atom. The van der Waals surface area contributed by atoms with Gasteiger partial charge in [0.25, 0.3) is 5.91 Å². The van der Waals surface area contributed by atoms with Crippen LogP contribution in [0.15, 0.2) is 48.2 Å². The number of fused-ring (bicyclic) bond motifs is 1. The lowest BCUT2D eigenvalue weighted by atomic mass is 10.1. The standard InChI is InChI=1S/C16H11NO4/c17-16(20)11-6-3-5-10-14(19)13(21-15(10)11)8-9-4-1-2-7-12(9)18/h1-8,18H,(H2,17,20)/b13-8-. The molecule has 0 aliphatic carbocycles. The Balaban J connectivity index is 2.07. The van der Waals surface area contributed by atoms with Gasteiger partial charge in [-0.25, -0.2) is 0 Å². The van der Waals surface area contributed by atoms with Crippen LogP contribution < -0.4 is 10.5 Å². The van der Waals surface area contributed by atoms with Crippen molar-refractivity contribution in [2.45, 2.75) is 0 Å². The summed E-state index contributed by atoms with van der Waals surface area (Å²) in [6.07, 6.45) is 1.43. The molecule has 5 nitrogen and oxygen atoms in total. The van der Waals surface area contributed by atoms with Gasteiger partial charge in [-0.15, -0.1) is 0 Å². The number of phenols is 1. The summed E-state index contributed by atoms with van der Waals surface area (Å²) in [4.78, 5) is 23.6. The van der Waals surface area contributed by atoms with Crippen LogP contribution in [0.25, 0.3) is 6.08 Å². The van der Waals surface area contributed by atoms with Crippen LogP contribution in [0.3, 0.4) is 0 Å². The van der Waals surface area contributed by atoms with E-state index in [2.05, 4.69) is 0 Å². The van der Waals surface area contributed by atoms with Crippen molar-refractivity contribution in [3.63, 3.8) is 0 Å². The molecule has 0 radical (unpaired) electrons. The van der Waals surface area contributed by atoms with Crippen LogP contribution in [-0.4, -0.2) is 16.8 Å². The normalized spacial score (nSPS) is 14.9. The van der Waals surface area contributed by atoms with Gasteiger partial charge in [-0.05, 0) is 24.3 Å². The quantitative estimate of drug-likeness (QED) is 0.825. The molecule has 104 valence electrons. The zero-order valence-electron chi connectivity index (χ0n) is 10.9. The number of allylic oxidation sites excluding steroid dienone is 1. The molecule has 3 rings (SSSR count). The predicted octanol–water partition coefficient (Wildman–Crippen LogP) is 2.11. The molecule has 21 heavy (non-hydrogen) atoms. The molecule has 0 atom stereocenters. The van der Waals surface area contributed by atoms with E-state index in [1.54, 1.807) is 30.3 Å². The summed E-state index contributed by atoms with van der Waals surface area (Å²) in [5, 5.41) is 9.73. The maximum Gasteiger partial charge on any atom is 0.252 e. The third kappa shape index (κ3) is 2.14. The highest BCUT2D eigenvalue weighted by molar-refractivity contribution is 6.16. The second-order valence-electron chi connectivity index (χ2n) is 4.55. The number of rotatable bonds is 2. The highest BCUT2D eigenvalue weighted by Crippen LogP contribution is 2.35. The number of Topliss-reactive ketones (excluding diaryl/α,β-unsaturated/α-hetero) is 1. The molecule has 1 aliphatic heterocycles. The predicted molar refractivity (Wildman–Crippen MR) is 76.0 cm³/mol. The summed E-state index contributed by atoms with van der Waals surface area (Å²) >= 11 is 0. The first-order chi connectivity index (χ1) is 10.1. The van der Waals surface area contributed by atoms with Crippen LogP contribution in [-0.2, 0) is 0 Å². The number of hydrogen-bond donors (Lipinski definition) is 2. The van der Waals surface area contributed by atoms with E-state index in [-0.39, 0.29) is 34.2 Å². The first kappa shape index (κ1) is 12.9. The molecule has 3 N–H and O–H groups in total. The van der Waals surface area contributed by atoms with Crippen molar-refractivity contribution in [2.24, 2.45) is 5.73 Å². The topological polar surface area (TPSA) is 89.6 Å². The second-order valence-corrected chi connectivity index (χ2v) is 4.55. The monoisotopic (exact) mass is 281 g/mol. The lowest BCUT2D eigenvalue weighted by molar-refractivity contribution is 0.0991. The number of benzene rings is 2. The second kappa shape index (κ2) is 4.79. The summed E-state index contributed by atoms with van der Waals surface area (Å²) in [5.74, 6) is -0.774. The maximum absolute atomic E-state index is 12.3. The molecule has 0 unspecified atom stereocenters. The van der Waals surface area contributed by atoms with Gasteiger partial charge in [0.2, 0.25) is 5.78 Å². The molecule has 5 heteroatoms. The molecule has 1 aliphatic rings. The number of nitrogens with two attached hydrogens (primary N) is 1. The van der Waals surface area contributed by atoms with E-state index >= 15 is 0 Å². The zero-order valence-corrected chi connectivity index (χ0v) is 10.9. The van der Waals surface area contributed by atoms with E-state index < -0.39 is 5.91 Å². The van der Waals surface area contributed by atoms with Crippen LogP contribution in [0.2, 0.25) is 0 Å². The molecule has 0 saturated heterocycles. The molecule has 0 bridgehead atoms. The van der Waals surface area contributed by atoms with E-state index in [0.29, 0.717) is 5.56 Å². The minimum atomic E-state index is -0.663. The lowest BCUT2D eigenvalue weighted by Crippen LogP contribution is -2.11. The van der Waals surface area contributed by atoms with Crippen molar-refractivity contribution < 1.29 is 19.4 Å². The molecule has 2 aromatic rings. The van der Waals surface area contributed by atoms with Gasteiger partial charge in [-0.3, -0.25) is 9.59 Å². The van der Waals surface area contributed by atoms with Gasteiger partial charge in [0, 0.05) is 5.56 Å². The van der Waals surface area contributed by atoms with Crippen LogP contribution >= 0.6 is 0 Å². The average molecular weight is 281 g/mol. The van der Waals surface area contributed by atoms with E-state index in [1.165, 1.54) is 18.2 Å². The molecule has 0 fully saturated rings. The third-order valence-electron chi connectivity index (χ3n) is 3.18. The van der Waals surface area contributed by atoms with Gasteiger partial charge >= 0.3 is 0 Å². The van der Waals surface area contributed by atoms with Crippen molar-refractivity contribution in [1.82, 2.24) is 0 Å². The van der Waals surface area contributed by atoms with E-state index in [9.17, 15) is 14.7 Å². The van der Waals surface area contributed by atoms with Gasteiger partial charge in [0.1, 0.15) is 5.75 Å². The molecule has 2 aromatic carbocycles. The summed E-state index contributed by atoms with van der Waals surface area (Å²) in [6.45, 7) is 0. The lowest BCUT2D eigenvalue weighted by Gasteiger charge is -2.03. The number of hydrogen-bond acceptors (Lipinski definition) is 4. The molecule has 1 amide bonds. The van der Waals surface area contributed by atoms with E-state index in [1.807, 2.05) is 0 Å². The van der Waals surface area contributed by atoms with Crippen molar-refractivity contribution in [1.29, 1.82) is 0 Å². The summed E-state index contributed by atoms with van der Waals surface area (Å²) < 4.78 is 5.47. The Kier molecular flexibility index (Phi) is 2.95. The number of amides is 1. The fourth-order valence-corrected chi connectivity index (χ4v) is 2.15. The number of primary amides is 1. The van der Waals surface area contributed by atoms with Crippen molar-refractivity contribution >= 4 is 17.8 Å². The average Bonchev–Trinajstić information content (AvgIpc) is 2.78. The number of carbonyl (C=O) groups is 2. The smallest absolute Gasteiger partial charge is 0.252 e. The first-order valence-electron chi connectivity index (χ1n) is 6.23. The summed E-state index contributed by atoms with van der Waals surface area (Å²) in [5.41, 5.74) is 6.16. The van der Waals surface area contributed by atoms with Crippen molar-refractivity contribution in [2.75, 3.05) is 0 Å². The minimum Gasteiger partial charge on any atom is -0.507 e. The highest BCUT2D eigenvalue weighted by atomic mass is 16.5. The van der Waals surface area contributed by atoms with Crippen molar-refractivity contribution in [3.8, 4) is 11.5 Å².